The van der Waals surface area contributed by atoms with Crippen molar-refractivity contribution in [2.75, 3.05) is 0 Å². The predicted octanol–water partition coefficient (Wildman–Crippen LogP) is 3.52. The van der Waals surface area contributed by atoms with Crippen LogP contribution in [0.5, 0.6) is 0 Å². The second-order valence-corrected chi connectivity index (χ2v) is 3.83. The summed E-state index contributed by atoms with van der Waals surface area (Å²) in [4.78, 5) is 0. The SMILES string of the molecule is Cc1cc(C(C)C#N)c(F)cc1Br. The Morgan fingerprint density at radius 1 is 1.54 bits per heavy atom. The van der Waals surface area contributed by atoms with Crippen LogP contribution in [0.1, 0.15) is 24.0 Å². The van der Waals surface area contributed by atoms with Crippen LogP contribution in [0.3, 0.4) is 0 Å². The molecule has 0 saturated carbocycles. The molecule has 1 atom stereocenters. The summed E-state index contributed by atoms with van der Waals surface area (Å²) in [6.45, 7) is 3.56. The normalized spacial score (nSPS) is 12.2. The molecule has 3 heteroatoms. The first-order valence-electron chi connectivity index (χ1n) is 3.91. The zero-order chi connectivity index (χ0) is 10.0. The largest absolute Gasteiger partial charge is 0.207 e. The highest BCUT2D eigenvalue weighted by atomic mass is 79.9. The number of hydrogen-bond acceptors (Lipinski definition) is 1. The van der Waals surface area contributed by atoms with E-state index in [1.54, 1.807) is 13.0 Å². The van der Waals surface area contributed by atoms with Crippen LogP contribution in [0.2, 0.25) is 0 Å². The fourth-order valence-corrected chi connectivity index (χ4v) is 1.40. The fourth-order valence-electron chi connectivity index (χ4n) is 1.08. The highest BCUT2D eigenvalue weighted by molar-refractivity contribution is 9.10. The Hall–Kier alpha value is -0.880. The van der Waals surface area contributed by atoms with Gasteiger partial charge in [-0.05, 0) is 25.5 Å². The summed E-state index contributed by atoms with van der Waals surface area (Å²) in [5, 5.41) is 8.64. The number of rotatable bonds is 1. The van der Waals surface area contributed by atoms with E-state index in [9.17, 15) is 4.39 Å². The smallest absolute Gasteiger partial charge is 0.128 e. The second kappa shape index (κ2) is 3.89. The van der Waals surface area contributed by atoms with E-state index >= 15 is 0 Å². The molecule has 1 rings (SSSR count). The molecule has 1 aromatic rings. The molecular weight excluding hydrogens is 233 g/mol. The summed E-state index contributed by atoms with van der Waals surface area (Å²) >= 11 is 3.23. The summed E-state index contributed by atoms with van der Waals surface area (Å²) in [7, 11) is 0. The Morgan fingerprint density at radius 3 is 2.69 bits per heavy atom. The van der Waals surface area contributed by atoms with Gasteiger partial charge in [-0.15, -0.1) is 0 Å². The van der Waals surface area contributed by atoms with Gasteiger partial charge >= 0.3 is 0 Å². The van der Waals surface area contributed by atoms with Crippen molar-refractivity contribution in [3.63, 3.8) is 0 Å². The third kappa shape index (κ3) is 2.07. The Morgan fingerprint density at radius 2 is 2.15 bits per heavy atom. The van der Waals surface area contributed by atoms with Crippen molar-refractivity contribution in [1.82, 2.24) is 0 Å². The fraction of sp³-hybridized carbons (Fsp3) is 0.300. The van der Waals surface area contributed by atoms with E-state index in [0.717, 1.165) is 10.0 Å². The number of aryl methyl sites for hydroxylation is 1. The van der Waals surface area contributed by atoms with Gasteiger partial charge in [0.25, 0.3) is 0 Å². The Bertz CT molecular complexity index is 368. The van der Waals surface area contributed by atoms with E-state index in [-0.39, 0.29) is 5.82 Å². The quantitative estimate of drug-likeness (QED) is 0.739. The van der Waals surface area contributed by atoms with Crippen molar-refractivity contribution < 1.29 is 4.39 Å². The molecule has 13 heavy (non-hydrogen) atoms. The molecule has 0 amide bonds. The Balaban J connectivity index is 3.25. The van der Waals surface area contributed by atoms with Crippen molar-refractivity contribution in [2.45, 2.75) is 19.8 Å². The van der Waals surface area contributed by atoms with Crippen molar-refractivity contribution in [1.29, 1.82) is 5.26 Å². The number of benzene rings is 1. The lowest BCUT2D eigenvalue weighted by molar-refractivity contribution is 0.604. The van der Waals surface area contributed by atoms with Gasteiger partial charge < -0.3 is 0 Å². The van der Waals surface area contributed by atoms with Gasteiger partial charge in [-0.3, -0.25) is 0 Å². The lowest BCUT2D eigenvalue weighted by atomic mass is 10.0. The maximum absolute atomic E-state index is 13.3. The first-order valence-corrected chi connectivity index (χ1v) is 4.70. The minimum Gasteiger partial charge on any atom is -0.207 e. The van der Waals surface area contributed by atoms with Gasteiger partial charge in [0.15, 0.2) is 0 Å². The molecule has 0 bridgehead atoms. The summed E-state index contributed by atoms with van der Waals surface area (Å²) in [5.74, 6) is -0.724. The average Bonchev–Trinajstić information content (AvgIpc) is 2.10. The van der Waals surface area contributed by atoms with Crippen LogP contribution in [0.15, 0.2) is 16.6 Å². The summed E-state index contributed by atoms with van der Waals surface area (Å²) in [6, 6.07) is 5.12. The van der Waals surface area contributed by atoms with Crippen LogP contribution in [0.25, 0.3) is 0 Å². The minimum absolute atomic E-state index is 0.327. The van der Waals surface area contributed by atoms with Crippen LogP contribution in [0.4, 0.5) is 4.39 Å². The number of halogens is 2. The van der Waals surface area contributed by atoms with Crippen molar-refractivity contribution in [2.24, 2.45) is 0 Å². The molecular formula is C10H9BrFN. The molecule has 0 radical (unpaired) electrons. The third-order valence-electron chi connectivity index (χ3n) is 1.94. The molecule has 0 aliphatic rings. The number of hydrogen-bond donors (Lipinski definition) is 0. The van der Waals surface area contributed by atoms with E-state index < -0.39 is 5.92 Å². The molecule has 0 fully saturated rings. The van der Waals surface area contributed by atoms with E-state index in [2.05, 4.69) is 15.9 Å². The van der Waals surface area contributed by atoms with Gasteiger partial charge in [0, 0.05) is 10.0 Å². The van der Waals surface area contributed by atoms with Gasteiger partial charge in [-0.25, -0.2) is 4.39 Å². The van der Waals surface area contributed by atoms with E-state index in [1.807, 2.05) is 13.0 Å². The van der Waals surface area contributed by atoms with Crippen LogP contribution >= 0.6 is 15.9 Å². The molecule has 0 aliphatic heterocycles. The zero-order valence-electron chi connectivity index (χ0n) is 7.44. The van der Waals surface area contributed by atoms with Crippen LogP contribution in [0, 0.1) is 24.1 Å². The Kier molecular flexibility index (Phi) is 3.05. The first-order chi connectivity index (χ1) is 6.06. The van der Waals surface area contributed by atoms with Crippen LogP contribution < -0.4 is 0 Å². The molecule has 0 aliphatic carbocycles. The van der Waals surface area contributed by atoms with Crippen LogP contribution in [-0.2, 0) is 0 Å². The van der Waals surface area contributed by atoms with Gasteiger partial charge in [0.05, 0.1) is 12.0 Å². The monoisotopic (exact) mass is 241 g/mol. The number of nitriles is 1. The minimum atomic E-state index is -0.396. The van der Waals surface area contributed by atoms with Gasteiger partial charge in [-0.2, -0.15) is 5.26 Å². The standard InChI is InChI=1S/C10H9BrFN/c1-6-3-8(7(2)5-13)10(12)4-9(6)11/h3-4,7H,1-2H3. The van der Waals surface area contributed by atoms with Crippen molar-refractivity contribution in [3.05, 3.63) is 33.5 Å². The van der Waals surface area contributed by atoms with Crippen LogP contribution in [-0.4, -0.2) is 0 Å². The molecule has 1 aromatic carbocycles. The van der Waals surface area contributed by atoms with Crippen molar-refractivity contribution in [3.8, 4) is 6.07 Å². The predicted molar refractivity (Wildman–Crippen MR) is 52.9 cm³/mol. The van der Waals surface area contributed by atoms with E-state index in [4.69, 9.17) is 5.26 Å². The van der Waals surface area contributed by atoms with E-state index in [1.165, 1.54) is 6.07 Å². The number of nitrogens with zero attached hydrogens (tertiary/aromatic N) is 1. The molecule has 1 nitrogen and oxygen atoms in total. The third-order valence-corrected chi connectivity index (χ3v) is 2.79. The molecule has 1 unspecified atom stereocenters. The summed E-state index contributed by atoms with van der Waals surface area (Å²) in [6.07, 6.45) is 0. The topological polar surface area (TPSA) is 23.8 Å². The maximum Gasteiger partial charge on any atom is 0.128 e. The molecule has 68 valence electrons. The maximum atomic E-state index is 13.3. The first kappa shape index (κ1) is 10.2. The molecule has 0 spiro atoms. The second-order valence-electron chi connectivity index (χ2n) is 2.97. The summed E-state index contributed by atoms with van der Waals surface area (Å²) < 4.78 is 14.0. The lowest BCUT2D eigenvalue weighted by Gasteiger charge is -2.07. The van der Waals surface area contributed by atoms with E-state index in [0.29, 0.717) is 5.56 Å². The van der Waals surface area contributed by atoms with Gasteiger partial charge in [0.2, 0.25) is 0 Å². The lowest BCUT2D eigenvalue weighted by Crippen LogP contribution is -1.95. The molecule has 0 aromatic heterocycles. The van der Waals surface area contributed by atoms with Gasteiger partial charge in [-0.1, -0.05) is 22.0 Å². The molecule has 0 heterocycles. The average molecular weight is 242 g/mol. The highest BCUT2D eigenvalue weighted by Crippen LogP contribution is 2.25. The summed E-state index contributed by atoms with van der Waals surface area (Å²) in [5.41, 5.74) is 1.40. The van der Waals surface area contributed by atoms with Gasteiger partial charge in [0.1, 0.15) is 5.82 Å². The molecule has 0 N–H and O–H groups in total. The molecule has 0 saturated heterocycles. The highest BCUT2D eigenvalue weighted by Gasteiger charge is 2.11. The Labute approximate surface area is 85.3 Å². The zero-order valence-corrected chi connectivity index (χ0v) is 9.02. The van der Waals surface area contributed by atoms with Crippen molar-refractivity contribution >= 4 is 15.9 Å².